The maximum atomic E-state index is 11.2. The van der Waals surface area contributed by atoms with Crippen LogP contribution in [0.4, 0.5) is 5.69 Å². The summed E-state index contributed by atoms with van der Waals surface area (Å²) in [6, 6.07) is 13.4. The molecule has 0 spiro atoms. The Morgan fingerprint density at radius 3 is 2.07 bits per heavy atom. The Labute approximate surface area is 177 Å². The highest BCUT2D eigenvalue weighted by molar-refractivity contribution is 5.99. The van der Waals surface area contributed by atoms with Gasteiger partial charge in [-0.2, -0.15) is 0 Å². The summed E-state index contributed by atoms with van der Waals surface area (Å²) in [7, 11) is 0. The van der Waals surface area contributed by atoms with Crippen LogP contribution in [0, 0.1) is 6.92 Å². The second-order valence-electron chi connectivity index (χ2n) is 5.07. The van der Waals surface area contributed by atoms with E-state index < -0.39 is 5.97 Å². The number of hydrogen-bond acceptors (Lipinski definition) is 5. The number of benzene rings is 2. The molecule has 0 saturated heterocycles. The number of para-hydroxylation sites is 2. The number of amides is 1. The third-order valence-corrected chi connectivity index (χ3v) is 3.11. The lowest BCUT2D eigenvalue weighted by atomic mass is 10.2. The smallest absolute Gasteiger partial charge is 0.346 e. The van der Waals surface area contributed by atoms with Crippen LogP contribution in [-0.4, -0.2) is 22.0 Å². The summed E-state index contributed by atoms with van der Waals surface area (Å²) in [4.78, 5) is 36.6. The van der Waals surface area contributed by atoms with Gasteiger partial charge in [0.15, 0.2) is 5.89 Å². The third-order valence-electron chi connectivity index (χ3n) is 3.11. The SMILES string of the molecule is C.CC.CC.CC(=O)Nc1ccccc1C(=O)O.Cc1nc2ccccc2c(=O)o1. The Balaban J connectivity index is 0. The number of carboxylic acid groups (broad SMARTS) is 1. The summed E-state index contributed by atoms with van der Waals surface area (Å²) in [5, 5.41) is 11.7. The summed E-state index contributed by atoms with van der Waals surface area (Å²) < 4.78 is 4.82. The highest BCUT2D eigenvalue weighted by Crippen LogP contribution is 2.14. The number of fused-ring (bicyclic) bond motifs is 1. The Morgan fingerprint density at radius 2 is 1.50 bits per heavy atom. The highest BCUT2D eigenvalue weighted by Gasteiger charge is 2.08. The number of aromatic carboxylic acids is 1. The Bertz CT molecular complexity index is 980. The van der Waals surface area contributed by atoms with Gasteiger partial charge in [0.2, 0.25) is 5.91 Å². The minimum Gasteiger partial charge on any atom is -0.478 e. The zero-order valence-electron chi connectivity index (χ0n) is 17.6. The van der Waals surface area contributed by atoms with Crippen molar-refractivity contribution in [3.05, 3.63) is 70.4 Å². The molecule has 30 heavy (non-hydrogen) atoms. The lowest BCUT2D eigenvalue weighted by Gasteiger charge is -2.04. The van der Waals surface area contributed by atoms with Crippen molar-refractivity contribution in [1.82, 2.24) is 4.98 Å². The van der Waals surface area contributed by atoms with Gasteiger partial charge in [-0.25, -0.2) is 14.6 Å². The lowest BCUT2D eigenvalue weighted by Crippen LogP contribution is -2.10. The van der Waals surface area contributed by atoms with Gasteiger partial charge in [0.25, 0.3) is 0 Å². The first-order chi connectivity index (χ1) is 13.9. The van der Waals surface area contributed by atoms with E-state index in [1.54, 1.807) is 43.3 Å². The van der Waals surface area contributed by atoms with Crippen LogP contribution in [-0.2, 0) is 4.79 Å². The number of hydrogen-bond donors (Lipinski definition) is 2. The van der Waals surface area contributed by atoms with Crippen molar-refractivity contribution >= 4 is 28.5 Å². The van der Waals surface area contributed by atoms with Crippen molar-refractivity contribution in [2.75, 3.05) is 5.32 Å². The van der Waals surface area contributed by atoms with Gasteiger partial charge in [0.1, 0.15) is 0 Å². The number of rotatable bonds is 2. The average molecular weight is 417 g/mol. The van der Waals surface area contributed by atoms with Crippen LogP contribution < -0.4 is 10.9 Å². The topological polar surface area (TPSA) is 110 Å². The van der Waals surface area contributed by atoms with Gasteiger partial charge in [-0.15, -0.1) is 0 Å². The second kappa shape index (κ2) is 15.4. The normalized spacial score (nSPS) is 8.60. The van der Waals surface area contributed by atoms with E-state index in [1.165, 1.54) is 13.0 Å². The molecule has 2 N–H and O–H groups in total. The molecule has 0 saturated carbocycles. The second-order valence-corrected chi connectivity index (χ2v) is 5.07. The third kappa shape index (κ3) is 9.14. The zero-order valence-corrected chi connectivity index (χ0v) is 17.6. The Kier molecular flexibility index (Phi) is 14.8. The van der Waals surface area contributed by atoms with Gasteiger partial charge < -0.3 is 14.8 Å². The summed E-state index contributed by atoms with van der Waals surface area (Å²) in [6.45, 7) is 11.0. The van der Waals surface area contributed by atoms with Gasteiger partial charge in [-0.1, -0.05) is 59.4 Å². The van der Waals surface area contributed by atoms with E-state index in [-0.39, 0.29) is 24.5 Å². The summed E-state index contributed by atoms with van der Waals surface area (Å²) in [5.74, 6) is -0.934. The molecule has 0 aliphatic heterocycles. The number of carbonyl (C=O) groups excluding carboxylic acids is 1. The quantitative estimate of drug-likeness (QED) is 0.568. The molecule has 7 nitrogen and oxygen atoms in total. The molecule has 0 aliphatic rings. The zero-order chi connectivity index (χ0) is 22.4. The average Bonchev–Trinajstić information content (AvgIpc) is 2.71. The van der Waals surface area contributed by atoms with Crippen molar-refractivity contribution in [2.45, 2.75) is 49.0 Å². The van der Waals surface area contributed by atoms with Crippen molar-refractivity contribution in [3.8, 4) is 0 Å². The molecule has 0 radical (unpaired) electrons. The van der Waals surface area contributed by atoms with E-state index in [9.17, 15) is 14.4 Å². The number of nitrogens with zero attached hydrogens (tertiary/aromatic N) is 1. The molecule has 0 fully saturated rings. The fourth-order valence-corrected chi connectivity index (χ4v) is 2.09. The molecular weight excluding hydrogens is 384 g/mol. The number of aryl methyl sites for hydroxylation is 1. The van der Waals surface area contributed by atoms with E-state index in [0.717, 1.165) is 0 Å². The molecule has 0 unspecified atom stereocenters. The first-order valence-corrected chi connectivity index (χ1v) is 9.35. The number of anilines is 1. The van der Waals surface area contributed by atoms with Crippen LogP contribution in [0.2, 0.25) is 0 Å². The minimum absolute atomic E-state index is 0. The standard InChI is InChI=1S/C9H9NO3.C9H7NO2.2C2H6.CH4/c1-6(11)10-8-5-3-2-4-7(8)9(12)13;1-6-10-8-5-3-2-4-7(8)9(11)12-6;2*1-2;/h2-5H,1H3,(H,10,11)(H,12,13);2-5H,1H3;2*1-2H3;1H4. The Hall–Kier alpha value is -3.48. The number of nitrogens with one attached hydrogen (secondary N) is 1. The first kappa shape index (κ1) is 28.7. The van der Waals surface area contributed by atoms with E-state index >= 15 is 0 Å². The molecule has 0 aliphatic carbocycles. The van der Waals surface area contributed by atoms with Gasteiger partial charge in [0.05, 0.1) is 22.2 Å². The lowest BCUT2D eigenvalue weighted by molar-refractivity contribution is -0.114. The van der Waals surface area contributed by atoms with Crippen molar-refractivity contribution < 1.29 is 19.1 Å². The Morgan fingerprint density at radius 1 is 0.967 bits per heavy atom. The summed E-state index contributed by atoms with van der Waals surface area (Å²) in [6.07, 6.45) is 0. The molecule has 1 amide bonds. The van der Waals surface area contributed by atoms with Crippen LogP contribution in [0.1, 0.15) is 58.3 Å². The minimum atomic E-state index is -1.05. The van der Waals surface area contributed by atoms with E-state index in [0.29, 0.717) is 22.5 Å². The molecule has 1 heterocycles. The molecule has 164 valence electrons. The maximum absolute atomic E-state index is 11.2. The molecule has 2 aromatic carbocycles. The van der Waals surface area contributed by atoms with Gasteiger partial charge in [-0.3, -0.25) is 4.79 Å². The fraction of sp³-hybridized carbons (Fsp3) is 0.304. The fourth-order valence-electron chi connectivity index (χ4n) is 2.09. The number of carboxylic acids is 1. The molecule has 3 rings (SSSR count). The molecule has 0 bridgehead atoms. The van der Waals surface area contributed by atoms with Crippen molar-refractivity contribution in [2.24, 2.45) is 0 Å². The number of carbonyl (C=O) groups is 2. The molecular formula is C23H32N2O5. The predicted octanol–water partition coefficient (Wildman–Crippen LogP) is 5.53. The van der Waals surface area contributed by atoms with E-state index in [4.69, 9.17) is 9.52 Å². The monoisotopic (exact) mass is 416 g/mol. The molecule has 3 aromatic rings. The highest BCUT2D eigenvalue weighted by atomic mass is 16.4. The van der Waals surface area contributed by atoms with E-state index in [1.807, 2.05) is 33.8 Å². The summed E-state index contributed by atoms with van der Waals surface area (Å²) >= 11 is 0. The van der Waals surface area contributed by atoms with Gasteiger partial charge in [0, 0.05) is 13.8 Å². The van der Waals surface area contributed by atoms with Gasteiger partial charge in [-0.05, 0) is 24.3 Å². The van der Waals surface area contributed by atoms with Crippen LogP contribution >= 0.6 is 0 Å². The van der Waals surface area contributed by atoms with Crippen LogP contribution in [0.25, 0.3) is 10.9 Å². The predicted molar refractivity (Wildman–Crippen MR) is 122 cm³/mol. The number of aromatic nitrogens is 1. The first-order valence-electron chi connectivity index (χ1n) is 9.35. The maximum Gasteiger partial charge on any atom is 0.346 e. The largest absolute Gasteiger partial charge is 0.478 e. The summed E-state index contributed by atoms with van der Waals surface area (Å²) in [5.41, 5.74) is 0.782. The van der Waals surface area contributed by atoms with Crippen molar-refractivity contribution in [3.63, 3.8) is 0 Å². The van der Waals surface area contributed by atoms with Crippen LogP contribution in [0.15, 0.2) is 57.7 Å². The van der Waals surface area contributed by atoms with E-state index in [2.05, 4.69) is 10.3 Å². The molecule has 7 heteroatoms. The van der Waals surface area contributed by atoms with Crippen molar-refractivity contribution in [1.29, 1.82) is 0 Å². The van der Waals surface area contributed by atoms with Gasteiger partial charge >= 0.3 is 11.6 Å². The molecule has 0 atom stereocenters. The molecule has 1 aromatic heterocycles. The van der Waals surface area contributed by atoms with Crippen LogP contribution in [0.3, 0.4) is 0 Å². The van der Waals surface area contributed by atoms with Crippen LogP contribution in [0.5, 0.6) is 0 Å².